The van der Waals surface area contributed by atoms with E-state index in [1.54, 1.807) is 42.7 Å². The van der Waals surface area contributed by atoms with Gasteiger partial charge in [-0.05, 0) is 23.8 Å². The summed E-state index contributed by atoms with van der Waals surface area (Å²) >= 11 is 0. The predicted octanol–water partition coefficient (Wildman–Crippen LogP) is 1.34. The fourth-order valence-corrected chi connectivity index (χ4v) is 3.51. The first-order chi connectivity index (χ1) is 15.0. The Labute approximate surface area is 174 Å². The van der Waals surface area contributed by atoms with E-state index >= 15 is 0 Å². The average Bonchev–Trinajstić information content (AvgIpc) is 3.34. The van der Waals surface area contributed by atoms with Crippen molar-refractivity contribution in [3.63, 3.8) is 0 Å². The Morgan fingerprint density at radius 3 is 2.71 bits per heavy atom. The summed E-state index contributed by atoms with van der Waals surface area (Å²) in [4.78, 5) is 45.2. The number of benzene rings is 1. The second-order valence-electron chi connectivity index (χ2n) is 6.83. The van der Waals surface area contributed by atoms with Crippen molar-refractivity contribution in [2.24, 2.45) is 0 Å². The largest absolute Gasteiger partial charge is 0.384 e. The van der Waals surface area contributed by atoms with E-state index in [2.05, 4.69) is 20.4 Å². The van der Waals surface area contributed by atoms with Crippen LogP contribution in [0.2, 0.25) is 0 Å². The molecule has 152 valence electrons. The van der Waals surface area contributed by atoms with E-state index in [4.69, 9.17) is 10.3 Å². The molecule has 31 heavy (non-hydrogen) atoms. The van der Waals surface area contributed by atoms with Crippen LogP contribution in [0.15, 0.2) is 64.2 Å². The number of anilines is 1. The average molecular weight is 414 g/mol. The van der Waals surface area contributed by atoms with Gasteiger partial charge in [0.15, 0.2) is 0 Å². The quantitative estimate of drug-likeness (QED) is 0.476. The first-order valence-electron chi connectivity index (χ1n) is 9.25. The van der Waals surface area contributed by atoms with Crippen LogP contribution in [0.25, 0.3) is 17.1 Å². The third-order valence-corrected chi connectivity index (χ3v) is 4.92. The second-order valence-corrected chi connectivity index (χ2v) is 6.83. The van der Waals surface area contributed by atoms with Crippen molar-refractivity contribution < 1.29 is 14.1 Å². The molecule has 4 heterocycles. The molecule has 1 aliphatic rings. The number of hydrogen-bond donors (Lipinski definition) is 2. The lowest BCUT2D eigenvalue weighted by molar-refractivity contribution is 0.0880. The summed E-state index contributed by atoms with van der Waals surface area (Å²) in [5.41, 5.74) is 7.40. The van der Waals surface area contributed by atoms with Gasteiger partial charge in [-0.15, -0.1) is 0 Å². The van der Waals surface area contributed by atoms with E-state index in [1.807, 2.05) is 6.07 Å². The van der Waals surface area contributed by atoms with Crippen molar-refractivity contribution in [1.29, 1.82) is 0 Å². The molecular weight excluding hydrogens is 400 g/mol. The number of hydrogen-bond acceptors (Lipinski definition) is 8. The van der Waals surface area contributed by atoms with Crippen LogP contribution in [0, 0.1) is 0 Å². The molecular formula is C21H14N6O4. The highest BCUT2D eigenvalue weighted by atomic mass is 16.5. The van der Waals surface area contributed by atoms with E-state index in [0.29, 0.717) is 28.5 Å². The van der Waals surface area contributed by atoms with E-state index in [0.717, 1.165) is 6.07 Å². The lowest BCUT2D eigenvalue weighted by atomic mass is 10.1. The molecule has 10 heteroatoms. The minimum atomic E-state index is -0.641. The molecule has 0 bridgehead atoms. The maximum absolute atomic E-state index is 12.8. The molecule has 2 amide bonds. The Morgan fingerprint density at radius 2 is 1.90 bits per heavy atom. The van der Waals surface area contributed by atoms with E-state index in [9.17, 15) is 14.4 Å². The van der Waals surface area contributed by atoms with Crippen LogP contribution in [0.1, 0.15) is 32.2 Å². The molecule has 0 saturated heterocycles. The number of carbonyl (C=O) groups excluding carboxylic acids is 2. The molecule has 0 radical (unpaired) electrons. The van der Waals surface area contributed by atoms with Crippen molar-refractivity contribution in [1.82, 2.24) is 25.0 Å². The Morgan fingerprint density at radius 1 is 1.06 bits per heavy atom. The smallest absolute Gasteiger partial charge is 0.262 e. The highest BCUT2D eigenvalue weighted by molar-refractivity contribution is 6.23. The maximum Gasteiger partial charge on any atom is 0.262 e. The van der Waals surface area contributed by atoms with E-state index < -0.39 is 17.4 Å². The summed E-state index contributed by atoms with van der Waals surface area (Å²) in [6.07, 6.45) is 3.49. The molecule has 1 aromatic carbocycles. The van der Waals surface area contributed by atoms with E-state index in [-0.39, 0.29) is 23.4 Å². The molecule has 0 spiro atoms. The van der Waals surface area contributed by atoms with Crippen LogP contribution in [-0.4, -0.2) is 31.5 Å². The van der Waals surface area contributed by atoms with Gasteiger partial charge in [0.1, 0.15) is 5.82 Å². The number of nitrogens with two attached hydrogens (primary N) is 1. The normalized spacial score (nSPS) is 12.6. The lowest BCUT2D eigenvalue weighted by Gasteiger charge is -2.15. The summed E-state index contributed by atoms with van der Waals surface area (Å²) in [5, 5.41) is 6.13. The summed E-state index contributed by atoms with van der Waals surface area (Å²) in [7, 11) is 0. The van der Waals surface area contributed by atoms with Gasteiger partial charge in [-0.25, -0.2) is 0 Å². The molecule has 10 nitrogen and oxygen atoms in total. The Kier molecular flexibility index (Phi) is 4.18. The SMILES string of the molecule is Nc1c2c(cc(=O)n1-c1ccccc1Cc1nc(-c3cccnc3)no1)C(=O)NC2=O. The molecule has 0 fully saturated rings. The molecule has 0 unspecified atom stereocenters. The molecule has 1 aliphatic heterocycles. The summed E-state index contributed by atoms with van der Waals surface area (Å²) in [6, 6.07) is 11.7. The van der Waals surface area contributed by atoms with Gasteiger partial charge >= 0.3 is 0 Å². The minimum Gasteiger partial charge on any atom is -0.384 e. The fourth-order valence-electron chi connectivity index (χ4n) is 3.51. The summed E-state index contributed by atoms with van der Waals surface area (Å²) < 4.78 is 6.56. The second kappa shape index (κ2) is 7.02. The minimum absolute atomic E-state index is 0.0175. The number of rotatable bonds is 4. The van der Waals surface area contributed by atoms with Crippen LogP contribution < -0.4 is 16.6 Å². The molecule has 4 aromatic rings. The van der Waals surface area contributed by atoms with Gasteiger partial charge in [-0.1, -0.05) is 23.4 Å². The molecule has 0 aliphatic carbocycles. The topological polar surface area (TPSA) is 146 Å². The number of nitrogen functional groups attached to an aromatic ring is 1. The van der Waals surface area contributed by atoms with Crippen LogP contribution >= 0.6 is 0 Å². The zero-order valence-corrected chi connectivity index (χ0v) is 15.9. The highest BCUT2D eigenvalue weighted by Gasteiger charge is 2.32. The van der Waals surface area contributed by atoms with Crippen LogP contribution in [0.3, 0.4) is 0 Å². The highest BCUT2D eigenvalue weighted by Crippen LogP contribution is 2.25. The predicted molar refractivity (Wildman–Crippen MR) is 109 cm³/mol. The zero-order chi connectivity index (χ0) is 21.5. The molecule has 5 rings (SSSR count). The summed E-state index contributed by atoms with van der Waals surface area (Å²) in [6.45, 7) is 0. The van der Waals surface area contributed by atoms with E-state index in [1.165, 1.54) is 4.57 Å². The number of nitrogens with one attached hydrogen (secondary N) is 1. The monoisotopic (exact) mass is 414 g/mol. The van der Waals surface area contributed by atoms with Crippen LogP contribution in [-0.2, 0) is 6.42 Å². The number of imide groups is 1. The van der Waals surface area contributed by atoms with Gasteiger partial charge in [0.25, 0.3) is 17.4 Å². The number of nitrogens with zero attached hydrogens (tertiary/aromatic N) is 4. The number of pyridine rings is 2. The van der Waals surface area contributed by atoms with Crippen molar-refractivity contribution in [3.05, 3.63) is 87.8 Å². The molecule has 0 saturated carbocycles. The Bertz CT molecular complexity index is 1410. The summed E-state index contributed by atoms with van der Waals surface area (Å²) in [5.74, 6) is -0.670. The van der Waals surface area contributed by atoms with Crippen LogP contribution in [0.5, 0.6) is 0 Å². The number of para-hydroxylation sites is 1. The standard InChI is InChI=1S/C21H14N6O4/c22-18-17-13(20(29)25-21(17)30)9-16(28)27(18)14-6-2-1-4-11(14)8-15-24-19(26-31-15)12-5-3-7-23-10-12/h1-7,9-10H,8,22H2,(H,25,29,30). The third-order valence-electron chi connectivity index (χ3n) is 4.92. The lowest BCUT2D eigenvalue weighted by Crippen LogP contribution is -2.25. The van der Waals surface area contributed by atoms with Gasteiger partial charge in [-0.3, -0.25) is 29.3 Å². The maximum atomic E-state index is 12.8. The van der Waals surface area contributed by atoms with Crippen molar-refractivity contribution in [3.8, 4) is 17.1 Å². The van der Waals surface area contributed by atoms with Crippen molar-refractivity contribution in [2.45, 2.75) is 6.42 Å². The number of amides is 2. The van der Waals surface area contributed by atoms with Crippen LogP contribution in [0.4, 0.5) is 5.82 Å². The van der Waals surface area contributed by atoms with Gasteiger partial charge in [0.05, 0.1) is 23.2 Å². The Hall–Kier alpha value is -4.60. The van der Waals surface area contributed by atoms with Gasteiger partial charge in [0, 0.05) is 24.0 Å². The number of fused-ring (bicyclic) bond motifs is 1. The first kappa shape index (κ1) is 18.4. The Balaban J connectivity index is 1.57. The van der Waals surface area contributed by atoms with Gasteiger partial charge < -0.3 is 10.3 Å². The zero-order valence-electron chi connectivity index (χ0n) is 15.9. The molecule has 3 N–H and O–H groups in total. The fraction of sp³-hybridized carbons (Fsp3) is 0.0476. The number of aromatic nitrogens is 4. The molecule has 0 atom stereocenters. The van der Waals surface area contributed by atoms with Gasteiger partial charge in [-0.2, -0.15) is 4.98 Å². The van der Waals surface area contributed by atoms with Gasteiger partial charge in [0.2, 0.25) is 11.7 Å². The molecule has 3 aromatic heterocycles. The third kappa shape index (κ3) is 3.06. The first-order valence-corrected chi connectivity index (χ1v) is 9.25. The van der Waals surface area contributed by atoms with Crippen molar-refractivity contribution >= 4 is 17.6 Å². The van der Waals surface area contributed by atoms with Crippen molar-refractivity contribution in [2.75, 3.05) is 5.73 Å². The number of carbonyl (C=O) groups is 2.